The van der Waals surface area contributed by atoms with Crippen molar-refractivity contribution < 1.29 is 28.9 Å². The summed E-state index contributed by atoms with van der Waals surface area (Å²) in [7, 11) is 0. The second-order valence-corrected chi connectivity index (χ2v) is 10.3. The number of esters is 1. The Kier molecular flexibility index (Phi) is 10.7. The molecule has 9 nitrogen and oxygen atoms in total. The average Bonchev–Trinajstić information content (AvgIpc) is 2.97. The largest absolute Gasteiger partial charge is 0.465 e. The van der Waals surface area contributed by atoms with E-state index in [1.165, 1.54) is 19.3 Å². The van der Waals surface area contributed by atoms with E-state index in [4.69, 9.17) is 14.2 Å². The normalized spacial score (nSPS) is 23.7. The summed E-state index contributed by atoms with van der Waals surface area (Å²) in [5.41, 5.74) is 3.78. The van der Waals surface area contributed by atoms with Crippen molar-refractivity contribution in [3.8, 4) is 0 Å². The van der Waals surface area contributed by atoms with Crippen LogP contribution >= 0.6 is 0 Å². The van der Waals surface area contributed by atoms with E-state index in [1.54, 1.807) is 6.92 Å². The lowest BCUT2D eigenvalue weighted by atomic mass is 9.89. The van der Waals surface area contributed by atoms with Gasteiger partial charge in [-0.15, -0.1) is 0 Å². The molecule has 4 atom stereocenters. The Bertz CT molecular complexity index is 1060. The van der Waals surface area contributed by atoms with Crippen molar-refractivity contribution in [2.24, 2.45) is 5.92 Å². The van der Waals surface area contributed by atoms with Gasteiger partial charge in [0, 0.05) is 24.6 Å². The molecule has 0 radical (unpaired) electrons. The number of carbonyl (C=O) groups is 2. The number of aliphatic hydroxyl groups excluding tert-OH is 1. The number of benzene rings is 2. The van der Waals surface area contributed by atoms with Crippen LogP contribution in [0.15, 0.2) is 48.5 Å². The van der Waals surface area contributed by atoms with E-state index in [0.717, 1.165) is 41.9 Å². The van der Waals surface area contributed by atoms with Gasteiger partial charge in [-0.25, -0.2) is 4.79 Å². The molecule has 0 aromatic heterocycles. The SMILES string of the molecule is CCOC(=O)CNC(=O)NCc1ccc(C2OC(CN3CCCCC3)C(C)C(c3ccc(CO)cc3)O2)cc1. The number of ether oxygens (including phenoxy) is 3. The zero-order chi connectivity index (χ0) is 27.6. The van der Waals surface area contributed by atoms with Crippen molar-refractivity contribution in [2.45, 2.75) is 64.8 Å². The number of piperidine rings is 1. The summed E-state index contributed by atoms with van der Waals surface area (Å²) in [6, 6.07) is 15.4. The van der Waals surface area contributed by atoms with Gasteiger partial charge in [0.05, 0.1) is 25.4 Å². The van der Waals surface area contributed by atoms with Crippen LogP contribution in [0, 0.1) is 5.92 Å². The number of hydrogen-bond donors (Lipinski definition) is 3. The molecule has 2 aliphatic heterocycles. The van der Waals surface area contributed by atoms with Crippen molar-refractivity contribution in [2.75, 3.05) is 32.8 Å². The fourth-order valence-corrected chi connectivity index (χ4v) is 5.13. The van der Waals surface area contributed by atoms with Crippen LogP contribution in [0.3, 0.4) is 0 Å². The second-order valence-electron chi connectivity index (χ2n) is 10.3. The Hall–Kier alpha value is -2.98. The number of nitrogens with one attached hydrogen (secondary N) is 2. The minimum absolute atomic E-state index is 0.00815. The number of carbonyl (C=O) groups excluding carboxylic acids is 2. The first-order valence-electron chi connectivity index (χ1n) is 14.0. The molecular formula is C30H41N3O6. The summed E-state index contributed by atoms with van der Waals surface area (Å²) < 4.78 is 17.9. The van der Waals surface area contributed by atoms with Crippen molar-refractivity contribution >= 4 is 12.0 Å². The van der Waals surface area contributed by atoms with Crippen LogP contribution in [0.2, 0.25) is 0 Å². The predicted molar refractivity (Wildman–Crippen MR) is 147 cm³/mol. The van der Waals surface area contributed by atoms with Gasteiger partial charge in [-0.05, 0) is 49.5 Å². The molecule has 212 valence electrons. The first-order valence-corrected chi connectivity index (χ1v) is 14.0. The van der Waals surface area contributed by atoms with Crippen molar-refractivity contribution in [3.63, 3.8) is 0 Å². The van der Waals surface area contributed by atoms with Crippen LogP contribution in [0.4, 0.5) is 4.79 Å². The number of likely N-dealkylation sites (tertiary alicyclic amines) is 1. The van der Waals surface area contributed by atoms with E-state index in [-0.39, 0.29) is 37.9 Å². The fraction of sp³-hybridized carbons (Fsp3) is 0.533. The van der Waals surface area contributed by atoms with Crippen LogP contribution in [0.25, 0.3) is 0 Å². The lowest BCUT2D eigenvalue weighted by molar-refractivity contribution is -0.276. The molecular weight excluding hydrogens is 498 g/mol. The molecule has 9 heteroatoms. The Morgan fingerprint density at radius 3 is 2.28 bits per heavy atom. The highest BCUT2D eigenvalue weighted by atomic mass is 16.7. The minimum Gasteiger partial charge on any atom is -0.465 e. The second kappa shape index (κ2) is 14.4. The Labute approximate surface area is 230 Å². The molecule has 2 heterocycles. The van der Waals surface area contributed by atoms with Gasteiger partial charge in [0.25, 0.3) is 0 Å². The van der Waals surface area contributed by atoms with E-state index >= 15 is 0 Å². The summed E-state index contributed by atoms with van der Waals surface area (Å²) in [5, 5.41) is 14.7. The molecule has 2 amide bonds. The maximum atomic E-state index is 12.0. The molecule has 0 spiro atoms. The van der Waals surface area contributed by atoms with E-state index in [0.29, 0.717) is 6.54 Å². The monoisotopic (exact) mass is 539 g/mol. The van der Waals surface area contributed by atoms with Gasteiger partial charge < -0.3 is 34.9 Å². The van der Waals surface area contributed by atoms with Gasteiger partial charge >= 0.3 is 12.0 Å². The van der Waals surface area contributed by atoms with Gasteiger partial charge in [-0.1, -0.05) is 61.9 Å². The molecule has 0 aliphatic carbocycles. The Balaban J connectivity index is 1.41. The highest BCUT2D eigenvalue weighted by Crippen LogP contribution is 2.42. The summed E-state index contributed by atoms with van der Waals surface area (Å²) in [6.45, 7) is 7.41. The van der Waals surface area contributed by atoms with Crippen LogP contribution in [-0.4, -0.2) is 60.9 Å². The molecule has 2 aliphatic rings. The highest BCUT2D eigenvalue weighted by Gasteiger charge is 2.39. The number of urea groups is 1. The van der Waals surface area contributed by atoms with Crippen LogP contribution in [0.1, 0.15) is 67.8 Å². The quantitative estimate of drug-likeness (QED) is 0.394. The summed E-state index contributed by atoms with van der Waals surface area (Å²) >= 11 is 0. The van der Waals surface area contributed by atoms with Crippen LogP contribution in [-0.2, 0) is 32.2 Å². The van der Waals surface area contributed by atoms with E-state index in [2.05, 4.69) is 22.5 Å². The van der Waals surface area contributed by atoms with E-state index in [1.807, 2.05) is 48.5 Å². The third-order valence-electron chi connectivity index (χ3n) is 7.41. The van der Waals surface area contributed by atoms with Gasteiger partial charge in [-0.3, -0.25) is 4.79 Å². The molecule has 4 rings (SSSR count). The summed E-state index contributed by atoms with van der Waals surface area (Å²) in [6.07, 6.45) is 3.09. The molecule has 0 saturated carbocycles. The maximum absolute atomic E-state index is 12.0. The fourth-order valence-electron chi connectivity index (χ4n) is 5.13. The number of aliphatic hydroxyl groups is 1. The van der Waals surface area contributed by atoms with Crippen molar-refractivity contribution in [3.05, 3.63) is 70.8 Å². The third kappa shape index (κ3) is 8.25. The minimum atomic E-state index is -0.520. The van der Waals surface area contributed by atoms with E-state index < -0.39 is 18.3 Å². The van der Waals surface area contributed by atoms with E-state index in [9.17, 15) is 14.7 Å². The van der Waals surface area contributed by atoms with Gasteiger partial charge in [0.2, 0.25) is 0 Å². The topological polar surface area (TPSA) is 109 Å². The molecule has 2 aromatic rings. The lowest BCUT2D eigenvalue weighted by Gasteiger charge is -2.43. The van der Waals surface area contributed by atoms with Crippen LogP contribution in [0.5, 0.6) is 0 Å². The molecule has 2 aromatic carbocycles. The van der Waals surface area contributed by atoms with Gasteiger partial charge in [0.15, 0.2) is 6.29 Å². The molecule has 2 saturated heterocycles. The smallest absolute Gasteiger partial charge is 0.325 e. The predicted octanol–water partition coefficient (Wildman–Crippen LogP) is 3.82. The maximum Gasteiger partial charge on any atom is 0.325 e. The van der Waals surface area contributed by atoms with Gasteiger partial charge in [-0.2, -0.15) is 0 Å². The molecule has 39 heavy (non-hydrogen) atoms. The first-order chi connectivity index (χ1) is 19.0. The van der Waals surface area contributed by atoms with Crippen molar-refractivity contribution in [1.82, 2.24) is 15.5 Å². The lowest BCUT2D eigenvalue weighted by Crippen LogP contribution is -2.45. The van der Waals surface area contributed by atoms with Crippen LogP contribution < -0.4 is 10.6 Å². The number of hydrogen-bond acceptors (Lipinski definition) is 7. The number of rotatable bonds is 10. The third-order valence-corrected chi connectivity index (χ3v) is 7.41. The summed E-state index contributed by atoms with van der Waals surface area (Å²) in [5.74, 6) is -0.320. The highest BCUT2D eigenvalue weighted by molar-refractivity contribution is 5.80. The average molecular weight is 540 g/mol. The summed E-state index contributed by atoms with van der Waals surface area (Å²) in [4.78, 5) is 25.9. The van der Waals surface area contributed by atoms with Gasteiger partial charge in [0.1, 0.15) is 6.54 Å². The molecule has 3 N–H and O–H groups in total. The standard InChI is InChI=1S/C30H41N3O6/c1-3-37-27(35)18-32-30(36)31-17-22-7-13-25(14-8-22)29-38-26(19-33-15-5-4-6-16-33)21(2)28(39-29)24-11-9-23(20-34)10-12-24/h7-14,21,26,28-29,34H,3-6,15-20H2,1-2H3,(H2,31,32,36). The Morgan fingerprint density at radius 1 is 0.949 bits per heavy atom. The Morgan fingerprint density at radius 2 is 1.62 bits per heavy atom. The zero-order valence-electron chi connectivity index (χ0n) is 22.9. The zero-order valence-corrected chi connectivity index (χ0v) is 22.9. The number of amides is 2. The number of nitrogens with zero attached hydrogens (tertiary/aromatic N) is 1. The first kappa shape index (κ1) is 29.0. The molecule has 0 bridgehead atoms. The van der Waals surface area contributed by atoms with Crippen molar-refractivity contribution in [1.29, 1.82) is 0 Å². The molecule has 2 fully saturated rings. The molecule has 4 unspecified atom stereocenters.